The van der Waals surface area contributed by atoms with Crippen molar-refractivity contribution in [2.24, 2.45) is 5.73 Å². The van der Waals surface area contributed by atoms with Crippen LogP contribution in [0.25, 0.3) is 0 Å². The first-order valence-corrected chi connectivity index (χ1v) is 13.2. The molecule has 0 amide bonds. The van der Waals surface area contributed by atoms with Crippen molar-refractivity contribution in [1.82, 2.24) is 9.62 Å². The average Bonchev–Trinajstić information content (AvgIpc) is 2.78. The van der Waals surface area contributed by atoms with E-state index < -0.39 is 10.0 Å². The Bertz CT molecular complexity index is 1040. The van der Waals surface area contributed by atoms with E-state index in [0.29, 0.717) is 36.4 Å². The normalized spacial score (nSPS) is 16.7. The Kier molecular flexibility index (Phi) is 9.96. The van der Waals surface area contributed by atoms with Gasteiger partial charge in [0.15, 0.2) is 0 Å². The van der Waals surface area contributed by atoms with Crippen molar-refractivity contribution in [1.29, 1.82) is 0 Å². The van der Waals surface area contributed by atoms with Gasteiger partial charge in [0.2, 0.25) is 10.0 Å². The van der Waals surface area contributed by atoms with E-state index in [4.69, 9.17) is 38.4 Å². The molecule has 0 bridgehead atoms. The molecule has 3 N–H and O–H groups in total. The zero-order valence-corrected chi connectivity index (χ0v) is 21.1. The summed E-state index contributed by atoms with van der Waals surface area (Å²) in [5.74, 6) is -0.0345. The van der Waals surface area contributed by atoms with E-state index in [0.717, 1.165) is 36.2 Å². The molecule has 0 aromatic heterocycles. The fourth-order valence-corrected chi connectivity index (χ4v) is 5.50. The molecule has 0 saturated carbocycles. The lowest BCUT2D eigenvalue weighted by Crippen LogP contribution is -2.31. The number of rotatable bonds is 12. The van der Waals surface area contributed by atoms with E-state index in [1.54, 1.807) is 24.3 Å². The second-order valence-electron chi connectivity index (χ2n) is 8.04. The zero-order valence-electron chi connectivity index (χ0n) is 18.7. The minimum atomic E-state index is -3.67. The Labute approximate surface area is 206 Å². The molecule has 1 heterocycles. The molecule has 3 rings (SSSR count). The van der Waals surface area contributed by atoms with Gasteiger partial charge in [-0.2, -0.15) is 0 Å². The molecular weight excluding hydrogens is 485 g/mol. The number of halogens is 2. The molecule has 0 radical (unpaired) electrons. The van der Waals surface area contributed by atoms with Crippen LogP contribution < -0.4 is 10.5 Å². The van der Waals surface area contributed by atoms with Crippen LogP contribution in [0.4, 0.5) is 0 Å². The molecule has 1 atom stereocenters. The number of benzene rings is 2. The summed E-state index contributed by atoms with van der Waals surface area (Å²) in [6.45, 7) is 3.95. The molecule has 10 heteroatoms. The number of hydrogen-bond acceptors (Lipinski definition) is 6. The van der Waals surface area contributed by atoms with Gasteiger partial charge in [0.05, 0.1) is 24.7 Å². The topological polar surface area (TPSA) is 93.9 Å². The number of likely N-dealkylation sites (N-methyl/N-ethyl adjacent to an activating group) is 1. The third kappa shape index (κ3) is 7.37. The van der Waals surface area contributed by atoms with Crippen molar-refractivity contribution in [2.45, 2.75) is 23.8 Å². The van der Waals surface area contributed by atoms with Crippen LogP contribution in [-0.2, 0) is 26.0 Å². The third-order valence-electron chi connectivity index (χ3n) is 5.47. The van der Waals surface area contributed by atoms with Crippen molar-refractivity contribution in [2.75, 3.05) is 53.1 Å². The predicted octanol–water partition coefficient (Wildman–Crippen LogP) is 3.23. The highest BCUT2D eigenvalue weighted by atomic mass is 35.5. The summed E-state index contributed by atoms with van der Waals surface area (Å²) in [6.07, 6.45) is 0.807. The lowest BCUT2D eigenvalue weighted by atomic mass is 9.85. The van der Waals surface area contributed by atoms with Gasteiger partial charge >= 0.3 is 0 Å². The number of nitrogens with two attached hydrogens (primary N) is 1. The number of sulfonamides is 1. The molecule has 0 aliphatic carbocycles. The molecule has 182 valence electrons. The second-order valence-corrected chi connectivity index (χ2v) is 10.7. The number of nitrogens with zero attached hydrogens (tertiary/aromatic N) is 1. The molecule has 2 aromatic rings. The smallest absolute Gasteiger partial charge is 0.240 e. The highest BCUT2D eigenvalue weighted by Gasteiger charge is 2.28. The van der Waals surface area contributed by atoms with Gasteiger partial charge in [-0.1, -0.05) is 35.3 Å². The first-order chi connectivity index (χ1) is 15.8. The monoisotopic (exact) mass is 515 g/mol. The summed E-state index contributed by atoms with van der Waals surface area (Å²) in [5.41, 5.74) is 8.36. The maximum absolute atomic E-state index is 12.8. The van der Waals surface area contributed by atoms with Crippen molar-refractivity contribution in [3.8, 4) is 0 Å². The fraction of sp³-hybridized carbons (Fsp3) is 0.478. The van der Waals surface area contributed by atoms with Crippen molar-refractivity contribution < 1.29 is 17.9 Å². The van der Waals surface area contributed by atoms with Crippen LogP contribution in [0.15, 0.2) is 41.3 Å². The van der Waals surface area contributed by atoms with Gasteiger partial charge in [-0.3, -0.25) is 0 Å². The summed E-state index contributed by atoms with van der Waals surface area (Å²) >= 11 is 12.7. The Morgan fingerprint density at radius 1 is 1.12 bits per heavy atom. The molecule has 2 aromatic carbocycles. The number of ether oxygens (including phenoxy) is 2. The lowest BCUT2D eigenvalue weighted by molar-refractivity contribution is 0.0497. The zero-order chi connectivity index (χ0) is 23.8. The molecule has 33 heavy (non-hydrogen) atoms. The van der Waals surface area contributed by atoms with Crippen LogP contribution in [0, 0.1) is 0 Å². The maximum Gasteiger partial charge on any atom is 0.240 e. The summed E-state index contributed by atoms with van der Waals surface area (Å²) in [7, 11) is -1.65. The Balaban J connectivity index is 1.64. The number of nitrogens with one attached hydrogen (secondary N) is 1. The Morgan fingerprint density at radius 2 is 1.88 bits per heavy atom. The predicted molar refractivity (Wildman–Crippen MR) is 132 cm³/mol. The summed E-state index contributed by atoms with van der Waals surface area (Å²) in [5, 5.41) is 1.20. The SMILES string of the molecule is CN1Cc2c(Cl)cc(Cl)cc2C(c2cccc(S(=O)(=O)NCCOCCOCCCN)c2)C1. The van der Waals surface area contributed by atoms with Gasteiger partial charge in [0.1, 0.15) is 0 Å². The van der Waals surface area contributed by atoms with Crippen LogP contribution in [0.3, 0.4) is 0 Å². The largest absolute Gasteiger partial charge is 0.379 e. The Morgan fingerprint density at radius 3 is 2.64 bits per heavy atom. The summed E-state index contributed by atoms with van der Waals surface area (Å²) in [6, 6.07) is 10.7. The van der Waals surface area contributed by atoms with Gasteiger partial charge in [-0.15, -0.1) is 0 Å². The van der Waals surface area contributed by atoms with Gasteiger partial charge in [-0.05, 0) is 61.0 Å². The maximum atomic E-state index is 12.8. The van der Waals surface area contributed by atoms with Gasteiger partial charge in [-0.25, -0.2) is 13.1 Å². The standard InChI is InChI=1S/C23H31Cl2N3O4S/c1-28-15-21(20-13-18(24)14-23(25)22(20)16-28)17-4-2-5-19(12-17)33(29,30)27-7-9-32-11-10-31-8-3-6-26/h2,4-5,12-14,21,27H,3,6-11,15-16,26H2,1H3. The van der Waals surface area contributed by atoms with Crippen molar-refractivity contribution in [3.63, 3.8) is 0 Å². The highest BCUT2D eigenvalue weighted by molar-refractivity contribution is 7.89. The quantitative estimate of drug-likeness (QED) is 0.421. The van der Waals surface area contributed by atoms with Crippen LogP contribution >= 0.6 is 23.2 Å². The van der Waals surface area contributed by atoms with E-state index in [1.807, 2.05) is 19.2 Å². The summed E-state index contributed by atoms with van der Waals surface area (Å²) < 4.78 is 39.0. The minimum absolute atomic E-state index is 0.0345. The van der Waals surface area contributed by atoms with Gasteiger partial charge in [0, 0.05) is 42.2 Å². The fourth-order valence-electron chi connectivity index (χ4n) is 3.87. The van der Waals surface area contributed by atoms with Crippen LogP contribution in [0.5, 0.6) is 0 Å². The van der Waals surface area contributed by atoms with E-state index in [1.165, 1.54) is 0 Å². The second kappa shape index (κ2) is 12.5. The number of fused-ring (bicyclic) bond motifs is 1. The first kappa shape index (κ1) is 26.4. The highest BCUT2D eigenvalue weighted by Crippen LogP contribution is 2.38. The first-order valence-electron chi connectivity index (χ1n) is 10.9. The molecule has 0 spiro atoms. The minimum Gasteiger partial charge on any atom is -0.379 e. The number of hydrogen-bond donors (Lipinski definition) is 2. The molecule has 0 saturated heterocycles. The molecular formula is C23H31Cl2N3O4S. The summed E-state index contributed by atoms with van der Waals surface area (Å²) in [4.78, 5) is 2.39. The molecule has 0 fully saturated rings. The Hall–Kier alpha value is -1.23. The molecule has 1 aliphatic rings. The van der Waals surface area contributed by atoms with Crippen LogP contribution in [0.2, 0.25) is 10.0 Å². The van der Waals surface area contributed by atoms with Crippen molar-refractivity contribution >= 4 is 33.2 Å². The molecule has 1 unspecified atom stereocenters. The third-order valence-corrected chi connectivity index (χ3v) is 7.48. The van der Waals surface area contributed by atoms with Crippen LogP contribution in [0.1, 0.15) is 29.0 Å². The van der Waals surface area contributed by atoms with E-state index in [-0.39, 0.29) is 24.0 Å². The van der Waals surface area contributed by atoms with Gasteiger partial charge < -0.3 is 20.1 Å². The van der Waals surface area contributed by atoms with Crippen LogP contribution in [-0.4, -0.2) is 66.4 Å². The molecule has 1 aliphatic heterocycles. The lowest BCUT2D eigenvalue weighted by Gasteiger charge is -2.33. The average molecular weight is 516 g/mol. The van der Waals surface area contributed by atoms with Crippen molar-refractivity contribution in [3.05, 3.63) is 63.1 Å². The molecule has 7 nitrogen and oxygen atoms in total. The van der Waals surface area contributed by atoms with Gasteiger partial charge in [0.25, 0.3) is 0 Å². The van der Waals surface area contributed by atoms with E-state index in [2.05, 4.69) is 9.62 Å². The van der Waals surface area contributed by atoms with E-state index in [9.17, 15) is 8.42 Å². The van der Waals surface area contributed by atoms with E-state index >= 15 is 0 Å².